The number of benzene rings is 1. The number of carbonyl (C=O) groups is 1. The maximum absolute atomic E-state index is 11.5. The summed E-state index contributed by atoms with van der Waals surface area (Å²) in [5.74, 6) is -0.677. The van der Waals surface area contributed by atoms with Crippen molar-refractivity contribution in [3.63, 3.8) is 0 Å². The monoisotopic (exact) mass is 271 g/mol. The van der Waals surface area contributed by atoms with Gasteiger partial charge in [0.05, 0.1) is 5.69 Å². The van der Waals surface area contributed by atoms with E-state index in [0.717, 1.165) is 0 Å². The number of aliphatic carboxylic acids is 1. The lowest BCUT2D eigenvalue weighted by molar-refractivity contribution is -0.163. The molecule has 0 spiro atoms. The minimum atomic E-state index is -1.61. The molecule has 2 unspecified atom stereocenters. The van der Waals surface area contributed by atoms with Gasteiger partial charge in [0.2, 0.25) is 0 Å². The second kappa shape index (κ2) is 4.66. The van der Waals surface area contributed by atoms with E-state index in [1.54, 1.807) is 32.0 Å². The van der Waals surface area contributed by atoms with E-state index in [2.05, 4.69) is 5.32 Å². The Balaban J connectivity index is 2.35. The number of ether oxygens (including phenoxy) is 2. The summed E-state index contributed by atoms with van der Waals surface area (Å²) in [5.41, 5.74) is -1.06. The van der Waals surface area contributed by atoms with Gasteiger partial charge in [-0.1, -0.05) is 11.6 Å². The maximum atomic E-state index is 11.5. The van der Waals surface area contributed by atoms with E-state index in [-0.39, 0.29) is 0 Å². The summed E-state index contributed by atoms with van der Waals surface area (Å²) in [6.45, 7) is 3.85. The Labute approximate surface area is 110 Å². The van der Waals surface area contributed by atoms with Gasteiger partial charge in [0.15, 0.2) is 0 Å². The minimum absolute atomic E-state index is 0.401. The van der Waals surface area contributed by atoms with Crippen LogP contribution in [0.25, 0.3) is 0 Å². The molecule has 0 aliphatic carbocycles. The van der Waals surface area contributed by atoms with Crippen molar-refractivity contribution in [1.82, 2.24) is 0 Å². The van der Waals surface area contributed by atoms with Crippen LogP contribution in [0, 0.1) is 0 Å². The van der Waals surface area contributed by atoms with Gasteiger partial charge in [-0.15, -0.1) is 0 Å². The third-order valence-electron chi connectivity index (χ3n) is 2.84. The average Bonchev–Trinajstić information content (AvgIpc) is 2.69. The fourth-order valence-electron chi connectivity index (χ4n) is 1.91. The van der Waals surface area contributed by atoms with Crippen molar-refractivity contribution in [2.45, 2.75) is 25.7 Å². The summed E-state index contributed by atoms with van der Waals surface area (Å²) in [5, 5.41) is 12.8. The Hall–Kier alpha value is -1.46. The highest BCUT2D eigenvalue weighted by atomic mass is 35.5. The number of nitrogens with one attached hydrogen (secondary N) is 1. The molecule has 1 aromatic carbocycles. The molecule has 0 radical (unpaired) electrons. The Morgan fingerprint density at radius 1 is 1.67 bits per heavy atom. The average molecular weight is 272 g/mol. The van der Waals surface area contributed by atoms with Gasteiger partial charge in [0, 0.05) is 11.6 Å². The predicted molar refractivity (Wildman–Crippen MR) is 67.2 cm³/mol. The van der Waals surface area contributed by atoms with E-state index in [9.17, 15) is 9.90 Å². The minimum Gasteiger partial charge on any atom is -0.477 e. The van der Waals surface area contributed by atoms with Crippen molar-refractivity contribution in [1.29, 1.82) is 0 Å². The van der Waals surface area contributed by atoms with Gasteiger partial charge in [-0.2, -0.15) is 0 Å². The molecule has 2 N–H and O–H groups in total. The third kappa shape index (κ3) is 2.00. The number of anilines is 1. The van der Waals surface area contributed by atoms with Crippen molar-refractivity contribution >= 4 is 23.3 Å². The Bertz CT molecular complexity index is 479. The number of fused-ring (bicyclic) bond motifs is 1. The first-order chi connectivity index (χ1) is 8.49. The lowest BCUT2D eigenvalue weighted by Crippen LogP contribution is -2.57. The molecule has 2 atom stereocenters. The van der Waals surface area contributed by atoms with Gasteiger partial charge >= 0.3 is 11.7 Å². The van der Waals surface area contributed by atoms with Crippen LogP contribution < -0.4 is 10.1 Å². The number of hydrogen-bond donors (Lipinski definition) is 2. The van der Waals surface area contributed by atoms with Crippen LogP contribution in [0.2, 0.25) is 5.02 Å². The highest BCUT2D eigenvalue weighted by Crippen LogP contribution is 2.40. The number of carboxylic acids is 1. The zero-order chi connectivity index (χ0) is 13.3. The molecule has 98 valence electrons. The van der Waals surface area contributed by atoms with E-state index in [0.29, 0.717) is 23.1 Å². The molecule has 0 fully saturated rings. The molecule has 0 bridgehead atoms. The van der Waals surface area contributed by atoms with Gasteiger partial charge in [-0.05, 0) is 32.0 Å². The largest absolute Gasteiger partial charge is 0.477 e. The van der Waals surface area contributed by atoms with Crippen LogP contribution in [-0.4, -0.2) is 29.5 Å². The maximum Gasteiger partial charge on any atom is 0.372 e. The van der Waals surface area contributed by atoms with E-state index in [1.165, 1.54) is 0 Å². The zero-order valence-corrected chi connectivity index (χ0v) is 10.8. The second-order valence-electron chi connectivity index (χ2n) is 4.01. The lowest BCUT2D eigenvalue weighted by atomic mass is 10.1. The van der Waals surface area contributed by atoms with Gasteiger partial charge in [0.25, 0.3) is 0 Å². The molecule has 0 saturated heterocycles. The Morgan fingerprint density at radius 3 is 3.00 bits per heavy atom. The zero-order valence-electron chi connectivity index (χ0n) is 10.1. The molecule has 18 heavy (non-hydrogen) atoms. The molecule has 1 aromatic rings. The molecule has 1 heterocycles. The first kappa shape index (κ1) is 13.0. The highest BCUT2D eigenvalue weighted by molar-refractivity contribution is 6.31. The standard InChI is InChI=1S/C12H14ClNO4/c1-3-17-7(2)12(11(15)16)14-9-6-8(13)4-5-10(9)18-12/h4-7,14H,3H2,1-2H3,(H,15,16). The number of rotatable bonds is 4. The van der Waals surface area contributed by atoms with E-state index in [1.807, 2.05) is 0 Å². The van der Waals surface area contributed by atoms with E-state index < -0.39 is 17.8 Å². The van der Waals surface area contributed by atoms with E-state index >= 15 is 0 Å². The van der Waals surface area contributed by atoms with Crippen LogP contribution in [0.4, 0.5) is 5.69 Å². The molecule has 1 aliphatic rings. The first-order valence-electron chi connectivity index (χ1n) is 5.61. The molecule has 1 aliphatic heterocycles. The number of halogens is 1. The molecule has 6 heteroatoms. The summed E-state index contributed by atoms with van der Waals surface area (Å²) in [7, 11) is 0. The van der Waals surface area contributed by atoms with Gasteiger partial charge < -0.3 is 19.9 Å². The van der Waals surface area contributed by atoms with Crippen molar-refractivity contribution in [2.75, 3.05) is 11.9 Å². The molecule has 5 nitrogen and oxygen atoms in total. The van der Waals surface area contributed by atoms with Crippen LogP contribution in [-0.2, 0) is 9.53 Å². The molecule has 2 rings (SSSR count). The van der Waals surface area contributed by atoms with Gasteiger partial charge in [0.1, 0.15) is 11.9 Å². The van der Waals surface area contributed by atoms with Gasteiger partial charge in [-0.25, -0.2) is 4.79 Å². The van der Waals surface area contributed by atoms with E-state index in [4.69, 9.17) is 21.1 Å². The van der Waals surface area contributed by atoms with Crippen molar-refractivity contribution in [3.05, 3.63) is 23.2 Å². The fourth-order valence-corrected chi connectivity index (χ4v) is 2.08. The quantitative estimate of drug-likeness (QED) is 0.880. The van der Waals surface area contributed by atoms with Crippen LogP contribution in [0.5, 0.6) is 5.75 Å². The van der Waals surface area contributed by atoms with Gasteiger partial charge in [-0.3, -0.25) is 0 Å². The topological polar surface area (TPSA) is 67.8 Å². The normalized spacial score (nSPS) is 22.8. The molecule has 0 aromatic heterocycles. The summed E-state index contributed by atoms with van der Waals surface area (Å²) in [6, 6.07) is 4.90. The first-order valence-corrected chi connectivity index (χ1v) is 5.99. The molecule has 0 amide bonds. The van der Waals surface area contributed by atoms with Crippen LogP contribution in [0.1, 0.15) is 13.8 Å². The number of hydrogen-bond acceptors (Lipinski definition) is 4. The van der Waals surface area contributed by atoms with Crippen molar-refractivity contribution < 1.29 is 19.4 Å². The second-order valence-corrected chi connectivity index (χ2v) is 4.44. The van der Waals surface area contributed by atoms with Crippen LogP contribution in [0.15, 0.2) is 18.2 Å². The fraction of sp³-hybridized carbons (Fsp3) is 0.417. The molecular formula is C12H14ClNO4. The highest BCUT2D eigenvalue weighted by Gasteiger charge is 2.52. The third-order valence-corrected chi connectivity index (χ3v) is 3.07. The molecule has 0 saturated carbocycles. The summed E-state index contributed by atoms with van der Waals surface area (Å²) < 4.78 is 10.9. The van der Waals surface area contributed by atoms with Crippen molar-refractivity contribution in [3.8, 4) is 5.75 Å². The molecular weight excluding hydrogens is 258 g/mol. The lowest BCUT2D eigenvalue weighted by Gasteiger charge is -2.30. The van der Waals surface area contributed by atoms with Crippen LogP contribution in [0.3, 0.4) is 0 Å². The smallest absolute Gasteiger partial charge is 0.372 e. The number of carboxylic acid groups (broad SMARTS) is 1. The van der Waals surface area contributed by atoms with Crippen molar-refractivity contribution in [2.24, 2.45) is 0 Å². The summed E-state index contributed by atoms with van der Waals surface area (Å²) >= 11 is 5.86. The Kier molecular flexibility index (Phi) is 3.36. The Morgan fingerprint density at radius 2 is 2.39 bits per heavy atom. The SMILES string of the molecule is CCOC(C)C1(C(=O)O)Nc2cc(Cl)ccc2O1. The predicted octanol–water partition coefficient (Wildman–Crippen LogP) is 2.35. The summed E-state index contributed by atoms with van der Waals surface area (Å²) in [6.07, 6.45) is -0.647. The summed E-state index contributed by atoms with van der Waals surface area (Å²) in [4.78, 5) is 11.5. The van der Waals surface area contributed by atoms with Crippen LogP contribution >= 0.6 is 11.6 Å².